The Bertz CT molecular complexity index is 812. The van der Waals surface area contributed by atoms with Gasteiger partial charge in [-0.05, 0) is 30.7 Å². The first-order valence-electron chi connectivity index (χ1n) is 8.61. The molecule has 2 aromatic carbocycles. The zero-order chi connectivity index (χ0) is 19.2. The van der Waals surface area contributed by atoms with Gasteiger partial charge in [0.25, 0.3) is 0 Å². The van der Waals surface area contributed by atoms with Gasteiger partial charge in [-0.15, -0.1) is 11.8 Å². The third-order valence-corrected chi connectivity index (χ3v) is 5.31. The molecule has 0 spiro atoms. The fraction of sp³-hybridized carbons (Fsp3) is 0.300. The SMILES string of the molecule is CCOC(=O)COc1ccccc1C1SCC(=O)N1Cc1ccc(F)cc1. The van der Waals surface area contributed by atoms with Gasteiger partial charge in [0, 0.05) is 12.1 Å². The maximum atomic E-state index is 13.1. The molecule has 7 heteroatoms. The van der Waals surface area contributed by atoms with Crippen molar-refractivity contribution in [3.8, 4) is 5.75 Å². The van der Waals surface area contributed by atoms with E-state index in [1.807, 2.05) is 18.2 Å². The van der Waals surface area contributed by atoms with Crippen LogP contribution in [0, 0.1) is 5.82 Å². The van der Waals surface area contributed by atoms with Crippen LogP contribution in [0.2, 0.25) is 0 Å². The Hall–Kier alpha value is -2.54. The van der Waals surface area contributed by atoms with Crippen LogP contribution in [0.5, 0.6) is 5.75 Å². The summed E-state index contributed by atoms with van der Waals surface area (Å²) in [5.74, 6) is 0.162. The third-order valence-electron chi connectivity index (χ3n) is 4.07. The minimum Gasteiger partial charge on any atom is -0.482 e. The molecule has 1 amide bonds. The predicted molar refractivity (Wildman–Crippen MR) is 101 cm³/mol. The average molecular weight is 389 g/mol. The summed E-state index contributed by atoms with van der Waals surface area (Å²) in [7, 11) is 0. The minimum absolute atomic E-state index is 0.00882. The van der Waals surface area contributed by atoms with Crippen molar-refractivity contribution in [2.75, 3.05) is 19.0 Å². The number of carbonyl (C=O) groups is 2. The summed E-state index contributed by atoms with van der Waals surface area (Å²) in [6.45, 7) is 2.22. The molecular weight excluding hydrogens is 369 g/mol. The number of carbonyl (C=O) groups excluding carboxylic acids is 2. The molecule has 1 aliphatic rings. The van der Waals surface area contributed by atoms with E-state index in [0.29, 0.717) is 24.7 Å². The number of ether oxygens (including phenoxy) is 2. The van der Waals surface area contributed by atoms with Gasteiger partial charge in [-0.3, -0.25) is 4.79 Å². The van der Waals surface area contributed by atoms with E-state index in [-0.39, 0.29) is 23.7 Å². The summed E-state index contributed by atoms with van der Waals surface area (Å²) in [5.41, 5.74) is 1.67. The number of nitrogens with zero attached hydrogens (tertiary/aromatic N) is 1. The Balaban J connectivity index is 1.78. The van der Waals surface area contributed by atoms with Crippen LogP contribution in [0.1, 0.15) is 23.4 Å². The molecule has 2 aromatic rings. The van der Waals surface area contributed by atoms with Gasteiger partial charge >= 0.3 is 5.97 Å². The van der Waals surface area contributed by atoms with Crippen molar-refractivity contribution in [2.24, 2.45) is 0 Å². The number of hydrogen-bond donors (Lipinski definition) is 0. The van der Waals surface area contributed by atoms with Crippen LogP contribution in [0.4, 0.5) is 4.39 Å². The van der Waals surface area contributed by atoms with E-state index in [1.54, 1.807) is 30.0 Å². The molecule has 142 valence electrons. The lowest BCUT2D eigenvalue weighted by Crippen LogP contribution is -2.28. The van der Waals surface area contributed by atoms with E-state index in [1.165, 1.54) is 23.9 Å². The molecule has 0 aromatic heterocycles. The summed E-state index contributed by atoms with van der Waals surface area (Å²) in [5, 5.41) is -0.235. The molecule has 1 atom stereocenters. The highest BCUT2D eigenvalue weighted by molar-refractivity contribution is 8.00. The number of halogens is 1. The fourth-order valence-corrected chi connectivity index (χ4v) is 4.04. The van der Waals surface area contributed by atoms with Gasteiger partial charge in [0.05, 0.1) is 12.4 Å². The van der Waals surface area contributed by atoms with Crippen LogP contribution in [-0.4, -0.2) is 35.7 Å². The molecule has 1 fully saturated rings. The van der Waals surface area contributed by atoms with Crippen LogP contribution >= 0.6 is 11.8 Å². The molecule has 27 heavy (non-hydrogen) atoms. The topological polar surface area (TPSA) is 55.8 Å². The van der Waals surface area contributed by atoms with Crippen LogP contribution < -0.4 is 4.74 Å². The van der Waals surface area contributed by atoms with Crippen molar-refractivity contribution >= 4 is 23.6 Å². The van der Waals surface area contributed by atoms with E-state index in [4.69, 9.17) is 9.47 Å². The molecule has 1 heterocycles. The Morgan fingerprint density at radius 3 is 2.70 bits per heavy atom. The Labute approximate surface area is 161 Å². The Morgan fingerprint density at radius 2 is 1.96 bits per heavy atom. The number of thioether (sulfide) groups is 1. The standard InChI is InChI=1S/C20H20FNO4S/c1-2-25-19(24)12-26-17-6-4-3-5-16(17)20-22(18(23)13-27-20)11-14-7-9-15(21)10-8-14/h3-10,20H,2,11-13H2,1H3. The summed E-state index contributed by atoms with van der Waals surface area (Å²) in [4.78, 5) is 25.7. The van der Waals surface area contributed by atoms with Crippen LogP contribution in [0.25, 0.3) is 0 Å². The first-order valence-corrected chi connectivity index (χ1v) is 9.66. The first kappa shape index (κ1) is 19.2. The number of hydrogen-bond acceptors (Lipinski definition) is 5. The highest BCUT2D eigenvalue weighted by atomic mass is 32.2. The van der Waals surface area contributed by atoms with E-state index in [0.717, 1.165) is 11.1 Å². The van der Waals surface area contributed by atoms with Gasteiger partial charge in [-0.1, -0.05) is 30.3 Å². The van der Waals surface area contributed by atoms with Crippen molar-refractivity contribution < 1.29 is 23.5 Å². The monoisotopic (exact) mass is 389 g/mol. The van der Waals surface area contributed by atoms with Gasteiger partial charge in [-0.25, -0.2) is 9.18 Å². The molecule has 0 saturated carbocycles. The number of esters is 1. The van der Waals surface area contributed by atoms with Crippen molar-refractivity contribution in [1.29, 1.82) is 0 Å². The van der Waals surface area contributed by atoms with Gasteiger partial charge < -0.3 is 14.4 Å². The number of rotatable bonds is 7. The van der Waals surface area contributed by atoms with Crippen LogP contribution in [0.3, 0.4) is 0 Å². The van der Waals surface area contributed by atoms with E-state index >= 15 is 0 Å². The lowest BCUT2D eigenvalue weighted by atomic mass is 10.1. The van der Waals surface area contributed by atoms with Gasteiger partial charge in [0.2, 0.25) is 5.91 Å². The molecule has 3 rings (SSSR count). The molecule has 1 saturated heterocycles. The van der Waals surface area contributed by atoms with Crippen LogP contribution in [0.15, 0.2) is 48.5 Å². The average Bonchev–Trinajstić information content (AvgIpc) is 3.03. The highest BCUT2D eigenvalue weighted by Gasteiger charge is 2.34. The maximum Gasteiger partial charge on any atom is 0.344 e. The van der Waals surface area contributed by atoms with Crippen molar-refractivity contribution in [2.45, 2.75) is 18.8 Å². The minimum atomic E-state index is -0.439. The summed E-state index contributed by atoms with van der Waals surface area (Å²) in [6, 6.07) is 13.4. The third kappa shape index (κ3) is 4.80. The zero-order valence-corrected chi connectivity index (χ0v) is 15.7. The number of benzene rings is 2. The number of amides is 1. The summed E-state index contributed by atoms with van der Waals surface area (Å²) < 4.78 is 23.7. The van der Waals surface area contributed by atoms with Crippen molar-refractivity contribution in [3.63, 3.8) is 0 Å². The quantitative estimate of drug-likeness (QED) is 0.678. The van der Waals surface area contributed by atoms with Crippen LogP contribution in [-0.2, 0) is 20.9 Å². The summed E-state index contributed by atoms with van der Waals surface area (Å²) in [6.07, 6.45) is 0. The number of para-hydroxylation sites is 1. The largest absolute Gasteiger partial charge is 0.482 e. The first-order chi connectivity index (χ1) is 13.1. The van der Waals surface area contributed by atoms with E-state index < -0.39 is 5.97 Å². The van der Waals surface area contributed by atoms with E-state index in [2.05, 4.69) is 0 Å². The molecule has 1 unspecified atom stereocenters. The highest BCUT2D eigenvalue weighted by Crippen LogP contribution is 2.43. The smallest absolute Gasteiger partial charge is 0.344 e. The molecule has 0 bridgehead atoms. The fourth-order valence-electron chi connectivity index (χ4n) is 2.82. The maximum absolute atomic E-state index is 13.1. The second-order valence-electron chi connectivity index (χ2n) is 5.94. The predicted octanol–water partition coefficient (Wildman–Crippen LogP) is 3.54. The van der Waals surface area contributed by atoms with Gasteiger partial charge in [-0.2, -0.15) is 0 Å². The lowest BCUT2D eigenvalue weighted by molar-refractivity contribution is -0.145. The molecule has 0 N–H and O–H groups in total. The lowest BCUT2D eigenvalue weighted by Gasteiger charge is -2.26. The van der Waals surface area contributed by atoms with Crippen molar-refractivity contribution in [1.82, 2.24) is 4.90 Å². The Morgan fingerprint density at radius 1 is 1.22 bits per heavy atom. The molecule has 5 nitrogen and oxygen atoms in total. The van der Waals surface area contributed by atoms with Crippen molar-refractivity contribution in [3.05, 3.63) is 65.5 Å². The Kier molecular flexibility index (Phi) is 6.34. The molecule has 0 radical (unpaired) electrons. The van der Waals surface area contributed by atoms with Gasteiger partial charge in [0.15, 0.2) is 6.61 Å². The second-order valence-corrected chi connectivity index (χ2v) is 7.01. The van der Waals surface area contributed by atoms with E-state index in [9.17, 15) is 14.0 Å². The summed E-state index contributed by atoms with van der Waals surface area (Å²) >= 11 is 1.50. The van der Waals surface area contributed by atoms with Gasteiger partial charge in [0.1, 0.15) is 16.9 Å². The molecular formula is C20H20FNO4S. The zero-order valence-electron chi connectivity index (χ0n) is 14.9. The normalized spacial score (nSPS) is 16.4. The second kappa shape index (κ2) is 8.90. The molecule has 1 aliphatic heterocycles. The molecule has 0 aliphatic carbocycles.